The smallest absolute Gasteiger partial charge is 0.201 e. The molecule has 0 aliphatic heterocycles. The molecule has 0 aromatic heterocycles. The molecule has 3 heteroatoms. The minimum absolute atomic E-state index is 0.0451. The Hall–Kier alpha value is -2.94. The van der Waals surface area contributed by atoms with E-state index in [1.807, 2.05) is 24.3 Å². The summed E-state index contributed by atoms with van der Waals surface area (Å²) >= 11 is 0. The van der Waals surface area contributed by atoms with E-state index in [0.29, 0.717) is 24.0 Å². The molecule has 0 bridgehead atoms. The zero-order chi connectivity index (χ0) is 24.6. The molecule has 0 heterocycles. The summed E-state index contributed by atoms with van der Waals surface area (Å²) in [5, 5.41) is 0. The predicted molar refractivity (Wildman–Crippen MR) is 141 cm³/mol. The Morgan fingerprint density at radius 3 is 2.14 bits per heavy atom. The first-order chi connectivity index (χ1) is 17.1. The summed E-state index contributed by atoms with van der Waals surface area (Å²) in [6.45, 7) is 4.25. The van der Waals surface area contributed by atoms with Gasteiger partial charge in [-0.25, -0.2) is 4.39 Å². The standard InChI is InChI=1S/C32H36F2O/c1-3-23-9-15-26(16-10-23)27-17-11-24(12-18-27)7-5-6-8-25-13-19-28(20-14-25)29-21-22-30(35-4-2)32(34)31(29)33/h5,7,9-10,13-16,19-22,24,27H,3-4,6,8,11-12,17-18H2,1-2H3/b7-5+. The van der Waals surface area contributed by atoms with Crippen LogP contribution in [-0.4, -0.2) is 6.61 Å². The summed E-state index contributed by atoms with van der Waals surface area (Å²) in [5.74, 6) is -0.448. The monoisotopic (exact) mass is 474 g/mol. The first-order valence-electron chi connectivity index (χ1n) is 13.0. The molecule has 1 aliphatic rings. The number of ether oxygens (including phenoxy) is 1. The lowest BCUT2D eigenvalue weighted by molar-refractivity contribution is 0.314. The van der Waals surface area contributed by atoms with Crippen LogP contribution in [0, 0.1) is 17.6 Å². The fourth-order valence-electron chi connectivity index (χ4n) is 5.08. The van der Waals surface area contributed by atoms with Crippen molar-refractivity contribution in [1.29, 1.82) is 0 Å². The summed E-state index contributed by atoms with van der Waals surface area (Å²) in [4.78, 5) is 0. The van der Waals surface area contributed by atoms with E-state index in [9.17, 15) is 8.78 Å². The van der Waals surface area contributed by atoms with Gasteiger partial charge >= 0.3 is 0 Å². The summed E-state index contributed by atoms with van der Waals surface area (Å²) in [5.41, 5.74) is 5.04. The van der Waals surface area contributed by atoms with Crippen LogP contribution in [0.1, 0.15) is 68.6 Å². The van der Waals surface area contributed by atoms with Crippen LogP contribution in [0.5, 0.6) is 5.75 Å². The molecule has 0 N–H and O–H groups in total. The predicted octanol–water partition coefficient (Wildman–Crippen LogP) is 9.06. The Morgan fingerprint density at radius 2 is 1.49 bits per heavy atom. The Morgan fingerprint density at radius 1 is 0.800 bits per heavy atom. The zero-order valence-electron chi connectivity index (χ0n) is 20.9. The topological polar surface area (TPSA) is 9.23 Å². The number of halogens is 2. The van der Waals surface area contributed by atoms with Crippen LogP contribution in [-0.2, 0) is 12.8 Å². The second-order valence-electron chi connectivity index (χ2n) is 9.54. The van der Waals surface area contributed by atoms with E-state index in [2.05, 4.69) is 43.3 Å². The molecule has 0 spiro atoms. The molecule has 1 saturated carbocycles. The molecular weight excluding hydrogens is 438 g/mol. The van der Waals surface area contributed by atoms with Gasteiger partial charge in [-0.1, -0.05) is 67.6 Å². The molecule has 35 heavy (non-hydrogen) atoms. The molecule has 1 nitrogen and oxygen atoms in total. The molecule has 3 aromatic rings. The summed E-state index contributed by atoms with van der Waals surface area (Å²) in [6, 6.07) is 20.0. The van der Waals surface area contributed by atoms with Gasteiger partial charge in [0.1, 0.15) is 0 Å². The van der Waals surface area contributed by atoms with Gasteiger partial charge in [0.05, 0.1) is 6.61 Å². The first-order valence-corrected chi connectivity index (χ1v) is 13.0. The van der Waals surface area contributed by atoms with Gasteiger partial charge in [-0.3, -0.25) is 0 Å². The van der Waals surface area contributed by atoms with Crippen molar-refractivity contribution in [3.63, 3.8) is 0 Å². The van der Waals surface area contributed by atoms with Crippen molar-refractivity contribution in [3.05, 3.63) is 101 Å². The van der Waals surface area contributed by atoms with Gasteiger partial charge in [-0.15, -0.1) is 0 Å². The van der Waals surface area contributed by atoms with Crippen LogP contribution >= 0.6 is 0 Å². The van der Waals surface area contributed by atoms with Gasteiger partial charge in [0, 0.05) is 5.56 Å². The van der Waals surface area contributed by atoms with Gasteiger partial charge in [-0.05, 0) is 98.1 Å². The maximum atomic E-state index is 14.5. The largest absolute Gasteiger partial charge is 0.491 e. The van der Waals surface area contributed by atoms with Crippen LogP contribution < -0.4 is 4.74 Å². The second-order valence-corrected chi connectivity index (χ2v) is 9.54. The number of benzene rings is 3. The maximum Gasteiger partial charge on any atom is 0.201 e. The number of aryl methyl sites for hydroxylation is 2. The maximum absolute atomic E-state index is 14.5. The van der Waals surface area contributed by atoms with Crippen LogP contribution in [0.15, 0.2) is 72.8 Å². The Balaban J connectivity index is 1.25. The van der Waals surface area contributed by atoms with E-state index in [0.717, 1.165) is 19.3 Å². The van der Waals surface area contributed by atoms with Crippen molar-refractivity contribution in [1.82, 2.24) is 0 Å². The molecule has 0 amide bonds. The van der Waals surface area contributed by atoms with Crippen molar-refractivity contribution in [3.8, 4) is 16.9 Å². The first kappa shape index (κ1) is 25.2. The van der Waals surface area contributed by atoms with E-state index < -0.39 is 11.6 Å². The fraction of sp³-hybridized carbons (Fsp3) is 0.375. The minimum atomic E-state index is -0.929. The van der Waals surface area contributed by atoms with Gasteiger partial charge in [0.15, 0.2) is 11.6 Å². The van der Waals surface area contributed by atoms with Crippen LogP contribution in [0.3, 0.4) is 0 Å². The van der Waals surface area contributed by atoms with E-state index >= 15 is 0 Å². The number of hydrogen-bond donors (Lipinski definition) is 0. The van der Waals surface area contributed by atoms with Crippen molar-refractivity contribution in [2.45, 2.75) is 64.7 Å². The fourth-order valence-corrected chi connectivity index (χ4v) is 5.08. The lowest BCUT2D eigenvalue weighted by Crippen LogP contribution is -2.11. The summed E-state index contributed by atoms with van der Waals surface area (Å²) < 4.78 is 33.8. The number of rotatable bonds is 9. The van der Waals surface area contributed by atoms with Gasteiger partial charge in [-0.2, -0.15) is 4.39 Å². The molecule has 0 unspecified atom stereocenters. The Labute approximate surface area is 208 Å². The third-order valence-electron chi connectivity index (χ3n) is 7.25. The summed E-state index contributed by atoms with van der Waals surface area (Å²) in [6.07, 6.45) is 12.8. The van der Waals surface area contributed by atoms with E-state index in [1.165, 1.54) is 48.4 Å². The van der Waals surface area contributed by atoms with Crippen LogP contribution in [0.2, 0.25) is 0 Å². The van der Waals surface area contributed by atoms with Crippen LogP contribution in [0.25, 0.3) is 11.1 Å². The van der Waals surface area contributed by atoms with Crippen molar-refractivity contribution < 1.29 is 13.5 Å². The molecule has 1 aliphatic carbocycles. The van der Waals surface area contributed by atoms with E-state index in [1.54, 1.807) is 13.0 Å². The van der Waals surface area contributed by atoms with Gasteiger partial charge in [0.2, 0.25) is 5.82 Å². The normalized spacial score (nSPS) is 18.2. The van der Waals surface area contributed by atoms with Gasteiger partial charge in [0.25, 0.3) is 0 Å². The average molecular weight is 475 g/mol. The molecule has 184 valence electrons. The number of hydrogen-bond acceptors (Lipinski definition) is 1. The lowest BCUT2D eigenvalue weighted by Gasteiger charge is -2.27. The highest BCUT2D eigenvalue weighted by Crippen LogP contribution is 2.36. The minimum Gasteiger partial charge on any atom is -0.491 e. The Bertz CT molecular complexity index is 1110. The van der Waals surface area contributed by atoms with Crippen molar-refractivity contribution in [2.75, 3.05) is 6.61 Å². The molecule has 0 saturated heterocycles. The average Bonchev–Trinajstić information content (AvgIpc) is 2.90. The van der Waals surface area contributed by atoms with E-state index in [-0.39, 0.29) is 11.3 Å². The Kier molecular flexibility index (Phi) is 8.74. The highest BCUT2D eigenvalue weighted by molar-refractivity contribution is 5.65. The third kappa shape index (κ3) is 6.39. The van der Waals surface area contributed by atoms with Crippen molar-refractivity contribution in [2.24, 2.45) is 5.92 Å². The molecule has 3 aromatic carbocycles. The molecule has 0 radical (unpaired) electrons. The number of allylic oxidation sites excluding steroid dienone is 2. The molecule has 1 fully saturated rings. The van der Waals surface area contributed by atoms with Crippen molar-refractivity contribution >= 4 is 0 Å². The zero-order valence-corrected chi connectivity index (χ0v) is 20.9. The lowest BCUT2D eigenvalue weighted by atomic mass is 9.78. The summed E-state index contributed by atoms with van der Waals surface area (Å²) in [7, 11) is 0. The molecular formula is C32H36F2O. The highest BCUT2D eigenvalue weighted by Gasteiger charge is 2.20. The highest BCUT2D eigenvalue weighted by atomic mass is 19.2. The third-order valence-corrected chi connectivity index (χ3v) is 7.25. The SMILES string of the molecule is CCOc1ccc(-c2ccc(CC/C=C/C3CCC(c4ccc(CC)cc4)CC3)cc2)c(F)c1F. The second kappa shape index (κ2) is 12.2. The van der Waals surface area contributed by atoms with E-state index in [4.69, 9.17) is 4.74 Å². The molecule has 4 rings (SSSR count). The van der Waals surface area contributed by atoms with Crippen LogP contribution in [0.4, 0.5) is 8.78 Å². The quantitative estimate of drug-likeness (QED) is 0.281. The van der Waals surface area contributed by atoms with Gasteiger partial charge < -0.3 is 4.74 Å². The molecule has 0 atom stereocenters.